The van der Waals surface area contributed by atoms with Crippen LogP contribution in [0.4, 0.5) is 0 Å². The standard InChI is InChI=1S/C16H21NO/c1-12(2)10-17-11-16(18)15-9-5-7-13-6-3-4-8-14(13)15/h3-9,12,16-18H,10-11H2,1-2H3/t16-/m0/s1. The second-order valence-electron chi connectivity index (χ2n) is 5.14. The van der Waals surface area contributed by atoms with Crippen molar-refractivity contribution >= 4 is 10.8 Å². The molecule has 0 aliphatic rings. The van der Waals surface area contributed by atoms with Crippen LogP contribution in [0.15, 0.2) is 42.5 Å². The maximum Gasteiger partial charge on any atom is 0.0920 e. The summed E-state index contributed by atoms with van der Waals surface area (Å²) in [5.74, 6) is 0.602. The summed E-state index contributed by atoms with van der Waals surface area (Å²) in [6.45, 7) is 5.86. The van der Waals surface area contributed by atoms with E-state index in [9.17, 15) is 5.11 Å². The molecular formula is C16H21NO. The summed E-state index contributed by atoms with van der Waals surface area (Å²) in [7, 11) is 0. The van der Waals surface area contributed by atoms with Crippen LogP contribution < -0.4 is 5.32 Å². The van der Waals surface area contributed by atoms with Gasteiger partial charge >= 0.3 is 0 Å². The Morgan fingerprint density at radius 3 is 2.50 bits per heavy atom. The molecule has 0 aliphatic carbocycles. The molecule has 2 aromatic rings. The largest absolute Gasteiger partial charge is 0.387 e. The SMILES string of the molecule is CC(C)CNC[C@H](O)c1cccc2ccccc12. The maximum atomic E-state index is 10.3. The average Bonchev–Trinajstić information content (AvgIpc) is 2.37. The molecule has 2 N–H and O–H groups in total. The molecule has 0 bridgehead atoms. The zero-order valence-corrected chi connectivity index (χ0v) is 11.1. The Labute approximate surface area is 109 Å². The summed E-state index contributed by atoms with van der Waals surface area (Å²) in [5.41, 5.74) is 1.00. The van der Waals surface area contributed by atoms with Crippen molar-refractivity contribution in [3.8, 4) is 0 Å². The van der Waals surface area contributed by atoms with Gasteiger partial charge in [0.1, 0.15) is 0 Å². The molecule has 0 amide bonds. The van der Waals surface area contributed by atoms with Gasteiger partial charge < -0.3 is 10.4 Å². The first-order chi connectivity index (χ1) is 8.68. The van der Waals surface area contributed by atoms with Crippen LogP contribution in [0.2, 0.25) is 0 Å². The molecule has 2 heteroatoms. The van der Waals surface area contributed by atoms with E-state index < -0.39 is 6.10 Å². The summed E-state index contributed by atoms with van der Waals surface area (Å²) in [6.07, 6.45) is -0.449. The van der Waals surface area contributed by atoms with Crippen LogP contribution in [0.5, 0.6) is 0 Å². The van der Waals surface area contributed by atoms with E-state index in [0.717, 1.165) is 17.5 Å². The van der Waals surface area contributed by atoms with Gasteiger partial charge in [0.05, 0.1) is 6.10 Å². The number of benzene rings is 2. The Hall–Kier alpha value is -1.38. The first-order valence-electron chi connectivity index (χ1n) is 6.55. The average molecular weight is 243 g/mol. The van der Waals surface area contributed by atoms with Crippen molar-refractivity contribution in [3.05, 3.63) is 48.0 Å². The lowest BCUT2D eigenvalue weighted by Crippen LogP contribution is -2.25. The van der Waals surface area contributed by atoms with E-state index in [1.54, 1.807) is 0 Å². The third-order valence-corrected chi connectivity index (χ3v) is 3.07. The van der Waals surface area contributed by atoms with Crippen LogP contribution in [0.3, 0.4) is 0 Å². The van der Waals surface area contributed by atoms with Gasteiger partial charge in [0.15, 0.2) is 0 Å². The lowest BCUT2D eigenvalue weighted by molar-refractivity contribution is 0.175. The highest BCUT2D eigenvalue weighted by molar-refractivity contribution is 5.85. The summed E-state index contributed by atoms with van der Waals surface area (Å²) in [4.78, 5) is 0. The molecule has 96 valence electrons. The molecule has 2 rings (SSSR count). The number of aliphatic hydroxyl groups is 1. The summed E-state index contributed by atoms with van der Waals surface area (Å²) in [6, 6.07) is 14.3. The van der Waals surface area contributed by atoms with E-state index in [0.29, 0.717) is 12.5 Å². The van der Waals surface area contributed by atoms with Crippen molar-refractivity contribution in [2.75, 3.05) is 13.1 Å². The lowest BCUT2D eigenvalue weighted by Gasteiger charge is -2.15. The van der Waals surface area contributed by atoms with Crippen molar-refractivity contribution in [2.45, 2.75) is 20.0 Å². The zero-order chi connectivity index (χ0) is 13.0. The molecule has 0 saturated heterocycles. The summed E-state index contributed by atoms with van der Waals surface area (Å²) in [5, 5.41) is 15.9. The second kappa shape index (κ2) is 5.98. The topological polar surface area (TPSA) is 32.3 Å². The highest BCUT2D eigenvalue weighted by Crippen LogP contribution is 2.23. The number of nitrogens with one attached hydrogen (secondary N) is 1. The molecule has 18 heavy (non-hydrogen) atoms. The van der Waals surface area contributed by atoms with Crippen LogP contribution in [-0.2, 0) is 0 Å². The quantitative estimate of drug-likeness (QED) is 0.845. The second-order valence-corrected chi connectivity index (χ2v) is 5.14. The fraction of sp³-hybridized carbons (Fsp3) is 0.375. The van der Waals surface area contributed by atoms with Crippen LogP contribution in [0.1, 0.15) is 25.5 Å². The van der Waals surface area contributed by atoms with Gasteiger partial charge in [0.2, 0.25) is 0 Å². The molecule has 0 saturated carbocycles. The minimum Gasteiger partial charge on any atom is -0.387 e. The van der Waals surface area contributed by atoms with Gasteiger partial charge in [-0.25, -0.2) is 0 Å². The van der Waals surface area contributed by atoms with Gasteiger partial charge in [-0.1, -0.05) is 56.3 Å². The number of rotatable bonds is 5. The zero-order valence-electron chi connectivity index (χ0n) is 11.1. The van der Waals surface area contributed by atoms with Crippen molar-refractivity contribution in [2.24, 2.45) is 5.92 Å². The van der Waals surface area contributed by atoms with Gasteiger partial charge in [-0.05, 0) is 28.8 Å². The van der Waals surface area contributed by atoms with E-state index >= 15 is 0 Å². The molecule has 0 unspecified atom stereocenters. The first-order valence-corrected chi connectivity index (χ1v) is 6.55. The highest BCUT2D eigenvalue weighted by Gasteiger charge is 2.10. The van der Waals surface area contributed by atoms with E-state index in [1.807, 2.05) is 24.3 Å². The van der Waals surface area contributed by atoms with Gasteiger partial charge in [0, 0.05) is 6.54 Å². The Kier molecular flexibility index (Phi) is 4.34. The number of aliphatic hydroxyl groups excluding tert-OH is 1. The molecule has 1 atom stereocenters. The molecule has 2 nitrogen and oxygen atoms in total. The third kappa shape index (κ3) is 3.09. The van der Waals surface area contributed by atoms with Gasteiger partial charge in [-0.2, -0.15) is 0 Å². The molecule has 0 spiro atoms. The van der Waals surface area contributed by atoms with Crippen molar-refractivity contribution < 1.29 is 5.11 Å². The Morgan fingerprint density at radius 1 is 1.00 bits per heavy atom. The smallest absolute Gasteiger partial charge is 0.0920 e. The molecule has 2 aromatic carbocycles. The van der Waals surface area contributed by atoms with Crippen LogP contribution >= 0.6 is 0 Å². The van der Waals surface area contributed by atoms with E-state index in [1.165, 1.54) is 5.39 Å². The van der Waals surface area contributed by atoms with Crippen molar-refractivity contribution in [1.29, 1.82) is 0 Å². The van der Waals surface area contributed by atoms with Crippen LogP contribution in [0.25, 0.3) is 10.8 Å². The number of hydrogen-bond acceptors (Lipinski definition) is 2. The minimum atomic E-state index is -0.449. The Balaban J connectivity index is 2.15. The predicted octanol–water partition coefficient (Wildman–Crippen LogP) is 3.12. The number of fused-ring (bicyclic) bond motifs is 1. The fourth-order valence-electron chi connectivity index (χ4n) is 2.16. The third-order valence-electron chi connectivity index (χ3n) is 3.07. The minimum absolute atomic E-state index is 0.449. The van der Waals surface area contributed by atoms with Crippen LogP contribution in [-0.4, -0.2) is 18.2 Å². The highest BCUT2D eigenvalue weighted by atomic mass is 16.3. The summed E-state index contributed by atoms with van der Waals surface area (Å²) < 4.78 is 0. The lowest BCUT2D eigenvalue weighted by atomic mass is 10.0. The van der Waals surface area contributed by atoms with E-state index in [2.05, 4.69) is 37.4 Å². The number of hydrogen-bond donors (Lipinski definition) is 2. The van der Waals surface area contributed by atoms with Crippen molar-refractivity contribution in [3.63, 3.8) is 0 Å². The predicted molar refractivity (Wildman–Crippen MR) is 76.6 cm³/mol. The normalized spacial score (nSPS) is 13.1. The molecule has 0 aromatic heterocycles. The molecular weight excluding hydrogens is 222 g/mol. The van der Waals surface area contributed by atoms with Gasteiger partial charge in [0.25, 0.3) is 0 Å². The van der Waals surface area contributed by atoms with Crippen molar-refractivity contribution in [1.82, 2.24) is 5.32 Å². The van der Waals surface area contributed by atoms with Gasteiger partial charge in [-0.3, -0.25) is 0 Å². The monoisotopic (exact) mass is 243 g/mol. The molecule has 0 radical (unpaired) electrons. The van der Waals surface area contributed by atoms with Crippen LogP contribution in [0, 0.1) is 5.92 Å². The Morgan fingerprint density at radius 2 is 1.72 bits per heavy atom. The summed E-state index contributed by atoms with van der Waals surface area (Å²) >= 11 is 0. The van der Waals surface area contributed by atoms with E-state index in [-0.39, 0.29) is 0 Å². The maximum absolute atomic E-state index is 10.3. The molecule has 0 heterocycles. The fourth-order valence-corrected chi connectivity index (χ4v) is 2.16. The first kappa shape index (κ1) is 13.1. The Bertz CT molecular complexity index is 502. The molecule has 0 fully saturated rings. The van der Waals surface area contributed by atoms with E-state index in [4.69, 9.17) is 0 Å². The van der Waals surface area contributed by atoms with Gasteiger partial charge in [-0.15, -0.1) is 0 Å². The molecule has 0 aliphatic heterocycles.